The Morgan fingerprint density at radius 3 is 1.63 bits per heavy atom. The van der Waals surface area contributed by atoms with Crippen molar-refractivity contribution in [3.8, 4) is 0 Å². The fourth-order valence-corrected chi connectivity index (χ4v) is 1.82. The number of benzene rings is 2. The number of primary amides is 1. The maximum Gasteiger partial charge on any atom is 0.240 e. The lowest BCUT2D eigenvalue weighted by Gasteiger charge is -2.22. The highest BCUT2D eigenvalue weighted by Gasteiger charge is 2.19. The molecule has 0 bridgehead atoms. The van der Waals surface area contributed by atoms with Gasteiger partial charge in [-0.1, -0.05) is 36.4 Å². The summed E-state index contributed by atoms with van der Waals surface area (Å²) in [6, 6.07) is 18.3. The molecule has 0 fully saturated rings. The molecule has 2 N–H and O–H groups in total. The Hall–Kier alpha value is -2.62. The van der Waals surface area contributed by atoms with Gasteiger partial charge in [0.1, 0.15) is 6.42 Å². The topological polar surface area (TPSA) is 63.4 Å². The SMILES string of the molecule is NC(=O)CC(=O)N(c1ccccc1)c1ccccc1. The molecule has 4 nitrogen and oxygen atoms in total. The first-order valence-electron chi connectivity index (χ1n) is 5.90. The predicted molar refractivity (Wildman–Crippen MR) is 73.8 cm³/mol. The Morgan fingerprint density at radius 2 is 1.26 bits per heavy atom. The summed E-state index contributed by atoms with van der Waals surface area (Å²) < 4.78 is 0. The average molecular weight is 254 g/mol. The molecular weight excluding hydrogens is 240 g/mol. The van der Waals surface area contributed by atoms with Gasteiger partial charge in [0.15, 0.2) is 0 Å². The molecule has 2 aromatic carbocycles. The van der Waals surface area contributed by atoms with E-state index < -0.39 is 5.91 Å². The van der Waals surface area contributed by atoms with Crippen LogP contribution in [0.1, 0.15) is 6.42 Å². The lowest BCUT2D eigenvalue weighted by Crippen LogP contribution is -2.30. The number of rotatable bonds is 4. The van der Waals surface area contributed by atoms with Gasteiger partial charge >= 0.3 is 0 Å². The van der Waals surface area contributed by atoms with Crippen molar-refractivity contribution in [2.24, 2.45) is 5.73 Å². The third-order valence-corrected chi connectivity index (χ3v) is 2.60. The second-order valence-electron chi connectivity index (χ2n) is 4.04. The van der Waals surface area contributed by atoms with E-state index >= 15 is 0 Å². The zero-order valence-electron chi connectivity index (χ0n) is 10.3. The fourth-order valence-electron chi connectivity index (χ4n) is 1.82. The van der Waals surface area contributed by atoms with Crippen molar-refractivity contribution in [3.63, 3.8) is 0 Å². The summed E-state index contributed by atoms with van der Waals surface area (Å²) in [6.45, 7) is 0. The number of anilines is 2. The molecule has 0 aliphatic heterocycles. The van der Waals surface area contributed by atoms with Gasteiger partial charge < -0.3 is 5.73 Å². The monoisotopic (exact) mass is 254 g/mol. The second-order valence-corrected chi connectivity index (χ2v) is 4.04. The fraction of sp³-hybridized carbons (Fsp3) is 0.0667. The van der Waals surface area contributed by atoms with Gasteiger partial charge in [0, 0.05) is 11.4 Å². The van der Waals surface area contributed by atoms with E-state index in [0.717, 1.165) is 0 Å². The van der Waals surface area contributed by atoms with Crippen molar-refractivity contribution in [2.75, 3.05) is 4.90 Å². The minimum absolute atomic E-state index is 0.316. The Balaban J connectivity index is 2.40. The molecule has 2 aromatic rings. The maximum atomic E-state index is 12.2. The number of hydrogen-bond acceptors (Lipinski definition) is 2. The molecule has 0 unspecified atom stereocenters. The lowest BCUT2D eigenvalue weighted by molar-refractivity contribution is -0.125. The summed E-state index contributed by atoms with van der Waals surface area (Å²) in [5, 5.41) is 0. The van der Waals surface area contributed by atoms with Gasteiger partial charge in [0.25, 0.3) is 0 Å². The van der Waals surface area contributed by atoms with Gasteiger partial charge in [-0.05, 0) is 24.3 Å². The van der Waals surface area contributed by atoms with E-state index in [0.29, 0.717) is 11.4 Å². The molecule has 2 amide bonds. The number of para-hydroxylation sites is 2. The van der Waals surface area contributed by atoms with E-state index in [9.17, 15) is 9.59 Å². The second kappa shape index (κ2) is 5.82. The Morgan fingerprint density at radius 1 is 0.842 bits per heavy atom. The standard InChI is InChI=1S/C15H14N2O2/c16-14(18)11-15(19)17(12-7-3-1-4-8-12)13-9-5-2-6-10-13/h1-10H,11H2,(H2,16,18). The van der Waals surface area contributed by atoms with Crippen molar-refractivity contribution in [2.45, 2.75) is 6.42 Å². The molecule has 0 aliphatic carbocycles. The summed E-state index contributed by atoms with van der Waals surface area (Å²) in [5.41, 5.74) is 6.52. The molecule has 0 saturated carbocycles. The Kier molecular flexibility index (Phi) is 3.93. The Bertz CT molecular complexity index is 528. The molecule has 0 atom stereocenters. The third-order valence-electron chi connectivity index (χ3n) is 2.60. The summed E-state index contributed by atoms with van der Waals surface area (Å²) >= 11 is 0. The van der Waals surface area contributed by atoms with Crippen LogP contribution < -0.4 is 10.6 Å². The minimum Gasteiger partial charge on any atom is -0.369 e. The van der Waals surface area contributed by atoms with Crippen LogP contribution in [0.15, 0.2) is 60.7 Å². The molecule has 0 aromatic heterocycles. The first-order valence-corrected chi connectivity index (χ1v) is 5.90. The molecule has 19 heavy (non-hydrogen) atoms. The Labute approximate surface area is 111 Å². The lowest BCUT2D eigenvalue weighted by atomic mass is 10.2. The van der Waals surface area contributed by atoms with Crippen LogP contribution >= 0.6 is 0 Å². The van der Waals surface area contributed by atoms with E-state index in [4.69, 9.17) is 5.73 Å². The van der Waals surface area contributed by atoms with Crippen molar-refractivity contribution in [1.82, 2.24) is 0 Å². The molecule has 4 heteroatoms. The average Bonchev–Trinajstić information content (AvgIpc) is 2.40. The third kappa shape index (κ3) is 3.19. The first kappa shape index (κ1) is 12.8. The van der Waals surface area contributed by atoms with E-state index in [1.165, 1.54) is 4.90 Å². The summed E-state index contributed by atoms with van der Waals surface area (Å²) in [4.78, 5) is 24.6. The van der Waals surface area contributed by atoms with Crippen molar-refractivity contribution >= 4 is 23.2 Å². The number of hydrogen-bond donors (Lipinski definition) is 1. The summed E-state index contributed by atoms with van der Waals surface area (Å²) in [7, 11) is 0. The molecule has 2 rings (SSSR count). The zero-order valence-corrected chi connectivity index (χ0v) is 10.3. The zero-order chi connectivity index (χ0) is 13.7. The van der Waals surface area contributed by atoms with E-state index in [2.05, 4.69) is 0 Å². The van der Waals surface area contributed by atoms with E-state index in [1.807, 2.05) is 60.7 Å². The van der Waals surface area contributed by atoms with Crippen LogP contribution in [0.4, 0.5) is 11.4 Å². The molecule has 0 saturated heterocycles. The number of carbonyl (C=O) groups is 2. The number of nitrogens with zero attached hydrogens (tertiary/aromatic N) is 1. The van der Waals surface area contributed by atoms with Crippen LogP contribution in [0, 0.1) is 0 Å². The molecule has 0 spiro atoms. The molecule has 0 heterocycles. The van der Waals surface area contributed by atoms with Gasteiger partial charge in [-0.15, -0.1) is 0 Å². The first-order chi connectivity index (χ1) is 9.18. The molecule has 96 valence electrons. The molecule has 0 radical (unpaired) electrons. The quantitative estimate of drug-likeness (QED) is 0.850. The van der Waals surface area contributed by atoms with Gasteiger partial charge in [-0.3, -0.25) is 14.5 Å². The smallest absolute Gasteiger partial charge is 0.240 e. The highest BCUT2D eigenvalue weighted by molar-refractivity contribution is 6.08. The van der Waals surface area contributed by atoms with E-state index in [-0.39, 0.29) is 12.3 Å². The minimum atomic E-state index is -0.637. The highest BCUT2D eigenvalue weighted by Crippen LogP contribution is 2.25. The molecule has 0 aliphatic rings. The number of amides is 2. The largest absolute Gasteiger partial charge is 0.369 e. The van der Waals surface area contributed by atoms with Crippen LogP contribution in [0.25, 0.3) is 0 Å². The summed E-state index contributed by atoms with van der Waals surface area (Å²) in [5.74, 6) is -0.980. The highest BCUT2D eigenvalue weighted by atomic mass is 16.2. The van der Waals surface area contributed by atoms with Crippen LogP contribution in [0.2, 0.25) is 0 Å². The van der Waals surface area contributed by atoms with Gasteiger partial charge in [-0.2, -0.15) is 0 Å². The van der Waals surface area contributed by atoms with Crippen LogP contribution in [0.3, 0.4) is 0 Å². The maximum absolute atomic E-state index is 12.2. The normalized spacial score (nSPS) is 9.89. The van der Waals surface area contributed by atoms with Crippen molar-refractivity contribution in [1.29, 1.82) is 0 Å². The molecular formula is C15H14N2O2. The number of carbonyl (C=O) groups excluding carboxylic acids is 2. The van der Waals surface area contributed by atoms with Gasteiger partial charge in [0.2, 0.25) is 11.8 Å². The van der Waals surface area contributed by atoms with Crippen LogP contribution in [-0.4, -0.2) is 11.8 Å². The van der Waals surface area contributed by atoms with Gasteiger partial charge in [0.05, 0.1) is 0 Å². The predicted octanol–water partition coefficient (Wildman–Crippen LogP) is 2.23. The van der Waals surface area contributed by atoms with Crippen LogP contribution in [-0.2, 0) is 9.59 Å². The van der Waals surface area contributed by atoms with Gasteiger partial charge in [-0.25, -0.2) is 0 Å². The van der Waals surface area contributed by atoms with Crippen molar-refractivity contribution in [3.05, 3.63) is 60.7 Å². The summed E-state index contributed by atoms with van der Waals surface area (Å²) in [6.07, 6.45) is -0.316. The number of nitrogens with two attached hydrogens (primary N) is 1. The van der Waals surface area contributed by atoms with Crippen LogP contribution in [0.5, 0.6) is 0 Å². The van der Waals surface area contributed by atoms with E-state index in [1.54, 1.807) is 0 Å². The van der Waals surface area contributed by atoms with Crippen molar-refractivity contribution < 1.29 is 9.59 Å².